The average Bonchev–Trinajstić information content (AvgIpc) is 2.37. The molecule has 0 heterocycles. The molecule has 0 aliphatic rings. The molecular formula is C15H13ClF2O. The van der Waals surface area contributed by atoms with Crippen molar-refractivity contribution in [1.29, 1.82) is 0 Å². The van der Waals surface area contributed by atoms with Gasteiger partial charge in [-0.05, 0) is 42.3 Å². The van der Waals surface area contributed by atoms with Crippen LogP contribution >= 0.6 is 11.6 Å². The summed E-state index contributed by atoms with van der Waals surface area (Å²) in [5.74, 6) is -1.31. The summed E-state index contributed by atoms with van der Waals surface area (Å²) in [5, 5.41) is 10.6. The van der Waals surface area contributed by atoms with E-state index in [9.17, 15) is 13.9 Å². The molecule has 19 heavy (non-hydrogen) atoms. The van der Waals surface area contributed by atoms with Crippen molar-refractivity contribution in [2.45, 2.75) is 19.4 Å². The van der Waals surface area contributed by atoms with Gasteiger partial charge in [0.2, 0.25) is 0 Å². The molecule has 1 unspecified atom stereocenters. The molecule has 0 saturated carbocycles. The quantitative estimate of drug-likeness (QED) is 0.894. The third-order valence-electron chi connectivity index (χ3n) is 3.06. The molecule has 1 N–H and O–H groups in total. The zero-order valence-corrected chi connectivity index (χ0v) is 11.1. The maximum absolute atomic E-state index is 13.5. The first-order valence-corrected chi connectivity index (χ1v) is 6.24. The lowest BCUT2D eigenvalue weighted by Crippen LogP contribution is -2.07. The lowest BCUT2D eigenvalue weighted by Gasteiger charge is -2.15. The molecule has 4 heteroatoms. The van der Waals surface area contributed by atoms with Crippen LogP contribution in [0.4, 0.5) is 8.78 Å². The number of aliphatic hydroxyl groups excluding tert-OH is 1. The Hall–Kier alpha value is -1.45. The second kappa shape index (κ2) is 5.68. The van der Waals surface area contributed by atoms with Gasteiger partial charge >= 0.3 is 0 Å². The minimum absolute atomic E-state index is 0.116. The van der Waals surface area contributed by atoms with Gasteiger partial charge in [0.05, 0.1) is 6.10 Å². The summed E-state index contributed by atoms with van der Waals surface area (Å²) >= 11 is 5.87. The second-order valence-electron chi connectivity index (χ2n) is 4.42. The summed E-state index contributed by atoms with van der Waals surface area (Å²) in [4.78, 5) is 0. The van der Waals surface area contributed by atoms with E-state index in [4.69, 9.17) is 11.6 Å². The lowest BCUT2D eigenvalue weighted by molar-refractivity contribution is 0.175. The second-order valence-corrected chi connectivity index (χ2v) is 4.86. The SMILES string of the molecule is Cc1ccc(Cl)cc1C(O)Cc1c(F)cccc1F. The molecule has 2 aromatic carbocycles. The molecule has 0 aromatic heterocycles. The van der Waals surface area contributed by atoms with Crippen LogP contribution in [0.2, 0.25) is 5.02 Å². The Morgan fingerprint density at radius 3 is 2.42 bits per heavy atom. The predicted octanol–water partition coefficient (Wildman–Crippen LogP) is 4.20. The molecule has 0 aliphatic carbocycles. The van der Waals surface area contributed by atoms with Crippen molar-refractivity contribution in [2.75, 3.05) is 0 Å². The van der Waals surface area contributed by atoms with Gasteiger partial charge in [-0.1, -0.05) is 23.7 Å². The monoisotopic (exact) mass is 282 g/mol. The fraction of sp³-hybridized carbons (Fsp3) is 0.200. The van der Waals surface area contributed by atoms with Crippen molar-refractivity contribution in [2.24, 2.45) is 0 Å². The summed E-state index contributed by atoms with van der Waals surface area (Å²) in [7, 11) is 0. The van der Waals surface area contributed by atoms with Crippen LogP contribution in [-0.4, -0.2) is 5.11 Å². The Balaban J connectivity index is 2.31. The average molecular weight is 283 g/mol. The van der Waals surface area contributed by atoms with Gasteiger partial charge in [0, 0.05) is 17.0 Å². The minimum atomic E-state index is -0.995. The zero-order chi connectivity index (χ0) is 14.0. The van der Waals surface area contributed by atoms with Crippen molar-refractivity contribution in [3.8, 4) is 0 Å². The van der Waals surface area contributed by atoms with Gasteiger partial charge in [-0.3, -0.25) is 0 Å². The number of benzene rings is 2. The molecule has 0 bridgehead atoms. The fourth-order valence-electron chi connectivity index (χ4n) is 2.00. The highest BCUT2D eigenvalue weighted by Crippen LogP contribution is 2.26. The molecule has 0 amide bonds. The Kier molecular flexibility index (Phi) is 4.17. The van der Waals surface area contributed by atoms with Gasteiger partial charge in [0.1, 0.15) is 11.6 Å². The molecule has 0 radical (unpaired) electrons. The molecule has 1 nitrogen and oxygen atoms in total. The molecule has 0 saturated heterocycles. The zero-order valence-electron chi connectivity index (χ0n) is 10.3. The highest BCUT2D eigenvalue weighted by molar-refractivity contribution is 6.30. The van der Waals surface area contributed by atoms with Crippen molar-refractivity contribution < 1.29 is 13.9 Å². The van der Waals surface area contributed by atoms with Gasteiger partial charge < -0.3 is 5.11 Å². The van der Waals surface area contributed by atoms with Crippen LogP contribution in [0.25, 0.3) is 0 Å². The topological polar surface area (TPSA) is 20.2 Å². The van der Waals surface area contributed by atoms with Crippen LogP contribution < -0.4 is 0 Å². The van der Waals surface area contributed by atoms with Gasteiger partial charge in [-0.15, -0.1) is 0 Å². The Morgan fingerprint density at radius 1 is 1.16 bits per heavy atom. The first-order chi connectivity index (χ1) is 8.99. The molecule has 0 spiro atoms. The fourth-order valence-corrected chi connectivity index (χ4v) is 2.18. The maximum Gasteiger partial charge on any atom is 0.129 e. The van der Waals surface area contributed by atoms with Gasteiger partial charge in [0.15, 0.2) is 0 Å². The number of hydrogen-bond acceptors (Lipinski definition) is 1. The largest absolute Gasteiger partial charge is 0.388 e. The van der Waals surface area contributed by atoms with Crippen LogP contribution in [0.15, 0.2) is 36.4 Å². The summed E-state index contributed by atoms with van der Waals surface area (Å²) in [6.07, 6.45) is -1.12. The highest BCUT2D eigenvalue weighted by atomic mass is 35.5. The van der Waals surface area contributed by atoms with E-state index in [0.29, 0.717) is 10.6 Å². The van der Waals surface area contributed by atoms with Crippen LogP contribution in [0.1, 0.15) is 22.8 Å². The van der Waals surface area contributed by atoms with Crippen LogP contribution in [0.3, 0.4) is 0 Å². The maximum atomic E-state index is 13.5. The summed E-state index contributed by atoms with van der Waals surface area (Å²) in [6, 6.07) is 8.73. The van der Waals surface area contributed by atoms with Crippen molar-refractivity contribution in [1.82, 2.24) is 0 Å². The third kappa shape index (κ3) is 3.11. The van der Waals surface area contributed by atoms with E-state index in [2.05, 4.69) is 0 Å². The van der Waals surface area contributed by atoms with E-state index >= 15 is 0 Å². The van der Waals surface area contributed by atoms with E-state index in [-0.39, 0.29) is 12.0 Å². The highest BCUT2D eigenvalue weighted by Gasteiger charge is 2.17. The molecule has 2 rings (SSSR count). The molecule has 0 fully saturated rings. The normalized spacial score (nSPS) is 12.5. The number of halogens is 3. The molecule has 100 valence electrons. The van der Waals surface area contributed by atoms with E-state index in [1.807, 2.05) is 6.92 Å². The van der Waals surface area contributed by atoms with Crippen molar-refractivity contribution in [3.05, 3.63) is 69.7 Å². The summed E-state index contributed by atoms with van der Waals surface area (Å²) in [5.41, 5.74) is 1.29. The molecule has 1 atom stereocenters. The smallest absolute Gasteiger partial charge is 0.129 e. The van der Waals surface area contributed by atoms with Gasteiger partial charge in [-0.25, -0.2) is 8.78 Å². The first-order valence-electron chi connectivity index (χ1n) is 5.86. The van der Waals surface area contributed by atoms with Crippen molar-refractivity contribution in [3.63, 3.8) is 0 Å². The Labute approximate surface area is 115 Å². The third-order valence-corrected chi connectivity index (χ3v) is 3.29. The van der Waals surface area contributed by atoms with E-state index in [1.54, 1.807) is 18.2 Å². The van der Waals surface area contributed by atoms with E-state index in [0.717, 1.165) is 5.56 Å². The molecule has 0 aliphatic heterocycles. The standard InChI is InChI=1S/C15H13ClF2O/c1-9-5-6-10(16)7-11(9)15(19)8-12-13(17)3-2-4-14(12)18/h2-7,15,19H,8H2,1H3. The molecule has 2 aromatic rings. The van der Waals surface area contributed by atoms with Crippen LogP contribution in [0.5, 0.6) is 0 Å². The van der Waals surface area contributed by atoms with Crippen LogP contribution in [0, 0.1) is 18.6 Å². The van der Waals surface area contributed by atoms with Crippen molar-refractivity contribution >= 4 is 11.6 Å². The molecular weight excluding hydrogens is 270 g/mol. The summed E-state index contributed by atoms with van der Waals surface area (Å²) < 4.78 is 27.1. The van der Waals surface area contributed by atoms with Crippen LogP contribution in [-0.2, 0) is 6.42 Å². The number of rotatable bonds is 3. The Morgan fingerprint density at radius 2 is 1.79 bits per heavy atom. The van der Waals surface area contributed by atoms with E-state index in [1.165, 1.54) is 18.2 Å². The number of hydrogen-bond donors (Lipinski definition) is 1. The predicted molar refractivity (Wildman–Crippen MR) is 71.2 cm³/mol. The van der Waals surface area contributed by atoms with Gasteiger partial charge in [0.25, 0.3) is 0 Å². The van der Waals surface area contributed by atoms with Gasteiger partial charge in [-0.2, -0.15) is 0 Å². The number of aliphatic hydroxyl groups is 1. The summed E-state index contributed by atoms with van der Waals surface area (Å²) in [6.45, 7) is 1.81. The lowest BCUT2D eigenvalue weighted by atomic mass is 9.97. The Bertz CT molecular complexity index is 578. The minimum Gasteiger partial charge on any atom is -0.388 e. The first kappa shape index (κ1) is 14.0. The van der Waals surface area contributed by atoms with E-state index < -0.39 is 17.7 Å². The number of aryl methyl sites for hydroxylation is 1.